The van der Waals surface area contributed by atoms with E-state index in [2.05, 4.69) is 37.0 Å². The molecule has 0 N–H and O–H groups in total. The van der Waals surface area contributed by atoms with Crippen LogP contribution in [0.15, 0.2) is 37.3 Å². The van der Waals surface area contributed by atoms with E-state index in [9.17, 15) is 0 Å². The predicted octanol–water partition coefficient (Wildman–Crippen LogP) is 7.48. The van der Waals surface area contributed by atoms with E-state index in [1.165, 1.54) is 6.08 Å². The van der Waals surface area contributed by atoms with E-state index in [0.29, 0.717) is 41.2 Å². The van der Waals surface area contributed by atoms with Gasteiger partial charge in [-0.3, -0.25) is 0 Å². The molecule has 0 aliphatic carbocycles. The van der Waals surface area contributed by atoms with Crippen LogP contribution >= 0.6 is 78.3 Å². The number of ether oxygens (including phenoxy) is 2. The third-order valence-corrected chi connectivity index (χ3v) is 4.16. The summed E-state index contributed by atoms with van der Waals surface area (Å²) in [6.07, 6.45) is 6.40. The van der Waals surface area contributed by atoms with Crippen molar-refractivity contribution < 1.29 is 14.3 Å². The highest BCUT2D eigenvalue weighted by atomic mass is 79.9. The maximum absolute atomic E-state index is 6.18. The number of hydrogen-bond acceptors (Lipinski definition) is 4. The Labute approximate surface area is 189 Å². The molecule has 0 amide bonds. The van der Waals surface area contributed by atoms with Crippen LogP contribution in [0.3, 0.4) is 0 Å². The molecule has 0 radical (unpaired) electrons. The molecule has 4 nitrogen and oxygen atoms in total. The molecule has 0 aliphatic heterocycles. The van der Waals surface area contributed by atoms with Crippen LogP contribution in [0.2, 0.25) is 10.0 Å². The van der Waals surface area contributed by atoms with E-state index in [-0.39, 0.29) is 11.1 Å². The fourth-order valence-corrected chi connectivity index (χ4v) is 2.52. The Morgan fingerprint density at radius 3 is 2.35 bits per heavy atom. The van der Waals surface area contributed by atoms with Crippen molar-refractivity contribution in [2.45, 2.75) is 12.8 Å². The fourth-order valence-electron chi connectivity index (χ4n) is 1.56. The minimum Gasteiger partial charge on any atom is -0.490 e. The van der Waals surface area contributed by atoms with Gasteiger partial charge in [-0.2, -0.15) is 0 Å². The molecular weight excluding hydrogens is 556 g/mol. The molecule has 10 heteroatoms. The molecule has 0 unspecified atom stereocenters. The van der Waals surface area contributed by atoms with Crippen molar-refractivity contribution in [1.29, 1.82) is 0 Å². The summed E-state index contributed by atoms with van der Waals surface area (Å²) in [5.41, 5.74) is 0. The number of hydrogen-bond donors (Lipinski definition) is 0. The Hall–Kier alpha value is -0.110. The molecule has 0 aromatic heterocycles. The van der Waals surface area contributed by atoms with Crippen molar-refractivity contribution >= 4 is 84.5 Å². The highest BCUT2D eigenvalue weighted by Gasteiger charge is 2.10. The summed E-state index contributed by atoms with van der Waals surface area (Å²) in [6, 6.07) is 3.23. The summed E-state index contributed by atoms with van der Waals surface area (Å²) in [7, 11) is 0. The summed E-state index contributed by atoms with van der Waals surface area (Å²) in [4.78, 5) is 5.02. The lowest BCUT2D eigenvalue weighted by Gasteiger charge is -2.11. The van der Waals surface area contributed by atoms with E-state index in [4.69, 9.17) is 60.7 Å². The molecule has 0 bridgehead atoms. The van der Waals surface area contributed by atoms with Gasteiger partial charge in [-0.1, -0.05) is 51.6 Å². The Kier molecular flexibility index (Phi) is 12.9. The lowest BCUT2D eigenvalue weighted by Crippen LogP contribution is -2.00. The molecule has 0 aliphatic rings. The highest BCUT2D eigenvalue weighted by Crippen LogP contribution is 2.37. The Morgan fingerprint density at radius 2 is 1.73 bits per heavy atom. The Balaban J connectivity index is 2.37. The van der Waals surface area contributed by atoms with E-state index >= 15 is 0 Å². The van der Waals surface area contributed by atoms with Crippen LogP contribution in [0.4, 0.5) is 0 Å². The second kappa shape index (κ2) is 14.0. The van der Waals surface area contributed by atoms with Gasteiger partial charge in [0.15, 0.2) is 5.75 Å². The Morgan fingerprint density at radius 1 is 1.04 bits per heavy atom. The number of oxime groups is 1. The zero-order chi connectivity index (χ0) is 19.4. The van der Waals surface area contributed by atoms with Crippen LogP contribution in [0.1, 0.15) is 12.8 Å². The van der Waals surface area contributed by atoms with Gasteiger partial charge in [0.05, 0.1) is 20.0 Å². The molecule has 0 saturated carbocycles. The number of unbranched alkanes of at least 4 members (excludes halogenated alkanes) is 1. The van der Waals surface area contributed by atoms with Crippen molar-refractivity contribution in [2.24, 2.45) is 5.16 Å². The third-order valence-electron chi connectivity index (χ3n) is 2.64. The van der Waals surface area contributed by atoms with Crippen molar-refractivity contribution in [3.63, 3.8) is 0 Å². The van der Waals surface area contributed by atoms with Crippen LogP contribution in [0.25, 0.3) is 0 Å². The Bertz CT molecular complexity index is 638. The van der Waals surface area contributed by atoms with Crippen LogP contribution < -0.4 is 9.47 Å². The smallest absolute Gasteiger partial charge is 0.156 e. The normalized spacial score (nSPS) is 10.5. The minimum atomic E-state index is 0.128. The first-order valence-corrected chi connectivity index (χ1v) is 10.4. The average molecular weight is 571 g/mol. The number of nitrogens with zero attached hydrogens (tertiary/aromatic N) is 1. The standard InChI is InChI=1S/C16H15Br2Cl4NO3/c17-14(18)3-8-26-23-5-1-2-6-25-16-12(19)9-11(10-13(16)20)24-7-4-15(21)22/h3-5,9-10H,1-2,6-8H2. The zero-order valence-electron chi connectivity index (χ0n) is 13.4. The van der Waals surface area contributed by atoms with E-state index in [0.717, 1.165) is 9.81 Å². The number of rotatable bonds is 11. The highest BCUT2D eigenvalue weighted by molar-refractivity contribution is 9.28. The van der Waals surface area contributed by atoms with Crippen LogP contribution in [0.5, 0.6) is 11.5 Å². The monoisotopic (exact) mass is 567 g/mol. The van der Waals surface area contributed by atoms with Gasteiger partial charge in [-0.15, -0.1) is 0 Å². The maximum Gasteiger partial charge on any atom is 0.156 e. The second-order valence-electron chi connectivity index (χ2n) is 4.59. The SMILES string of the molecule is ClC(Cl)=CCOc1cc(Cl)c(OCCCC=NOCC=C(Br)Br)c(Cl)c1. The van der Waals surface area contributed by atoms with Gasteiger partial charge in [0, 0.05) is 18.3 Å². The molecule has 0 spiro atoms. The lowest BCUT2D eigenvalue weighted by molar-refractivity contribution is 0.175. The minimum absolute atomic E-state index is 0.128. The van der Waals surface area contributed by atoms with Crippen molar-refractivity contribution in [3.05, 3.63) is 42.2 Å². The molecule has 1 rings (SSSR count). The van der Waals surface area contributed by atoms with Crippen molar-refractivity contribution in [1.82, 2.24) is 0 Å². The van der Waals surface area contributed by atoms with Gasteiger partial charge in [0.2, 0.25) is 0 Å². The first kappa shape index (κ1) is 23.9. The van der Waals surface area contributed by atoms with E-state index in [1.54, 1.807) is 24.4 Å². The van der Waals surface area contributed by atoms with Gasteiger partial charge in [0.25, 0.3) is 0 Å². The van der Waals surface area contributed by atoms with Crippen LogP contribution in [-0.4, -0.2) is 26.0 Å². The molecule has 1 aromatic carbocycles. The van der Waals surface area contributed by atoms with Crippen LogP contribution in [-0.2, 0) is 4.84 Å². The van der Waals surface area contributed by atoms with Crippen molar-refractivity contribution in [3.8, 4) is 11.5 Å². The third kappa shape index (κ3) is 10.9. The molecule has 0 atom stereocenters. The number of benzene rings is 1. The second-order valence-corrected chi connectivity index (χ2v) is 9.18. The summed E-state index contributed by atoms with van der Waals surface area (Å²) < 4.78 is 12.0. The molecule has 26 heavy (non-hydrogen) atoms. The van der Waals surface area contributed by atoms with E-state index in [1.807, 2.05) is 0 Å². The predicted molar refractivity (Wildman–Crippen MR) is 117 cm³/mol. The maximum atomic E-state index is 6.18. The summed E-state index contributed by atoms with van der Waals surface area (Å²) >= 11 is 29.8. The van der Waals surface area contributed by atoms with Crippen LogP contribution in [0, 0.1) is 0 Å². The molecule has 0 heterocycles. The summed E-state index contributed by atoms with van der Waals surface area (Å²) in [6.45, 7) is 1.02. The lowest BCUT2D eigenvalue weighted by atomic mass is 10.3. The van der Waals surface area contributed by atoms with Gasteiger partial charge >= 0.3 is 0 Å². The first-order chi connectivity index (χ1) is 12.4. The van der Waals surface area contributed by atoms with Gasteiger partial charge < -0.3 is 14.3 Å². The van der Waals surface area contributed by atoms with Gasteiger partial charge in [-0.05, 0) is 56.9 Å². The molecule has 0 saturated heterocycles. The molecular formula is C16H15Br2Cl4NO3. The first-order valence-electron chi connectivity index (χ1n) is 7.31. The molecule has 0 fully saturated rings. The van der Waals surface area contributed by atoms with Gasteiger partial charge in [0.1, 0.15) is 23.5 Å². The van der Waals surface area contributed by atoms with Crippen molar-refractivity contribution in [2.75, 3.05) is 19.8 Å². The number of halogens is 6. The summed E-state index contributed by atoms with van der Waals surface area (Å²) in [5.74, 6) is 0.902. The molecule has 144 valence electrons. The topological polar surface area (TPSA) is 40.0 Å². The zero-order valence-corrected chi connectivity index (χ0v) is 19.6. The fraction of sp³-hybridized carbons (Fsp3) is 0.312. The molecule has 1 aromatic rings. The average Bonchev–Trinajstić information content (AvgIpc) is 2.54. The van der Waals surface area contributed by atoms with Gasteiger partial charge in [-0.25, -0.2) is 0 Å². The quantitative estimate of drug-likeness (QED) is 0.157. The van der Waals surface area contributed by atoms with E-state index < -0.39 is 0 Å². The summed E-state index contributed by atoms with van der Waals surface area (Å²) in [5, 5.41) is 4.53. The largest absolute Gasteiger partial charge is 0.490 e.